The molecule has 5 rings (SSSR count). The number of para-hydroxylation sites is 1. The summed E-state index contributed by atoms with van der Waals surface area (Å²) < 4.78 is 34.2. The average molecular weight is 554 g/mol. The first-order valence-electron chi connectivity index (χ1n) is 9.55. The van der Waals surface area contributed by atoms with E-state index in [1.165, 1.54) is 3.97 Å². The van der Waals surface area contributed by atoms with Crippen molar-refractivity contribution in [2.24, 2.45) is 0 Å². The second-order valence-corrected chi connectivity index (χ2v) is 9.79. The van der Waals surface area contributed by atoms with Crippen molar-refractivity contribution in [3.8, 4) is 22.9 Å². The lowest BCUT2D eigenvalue weighted by Crippen LogP contribution is -2.12. The molecule has 0 saturated carbocycles. The van der Waals surface area contributed by atoms with E-state index in [-0.39, 0.29) is 10.9 Å². The molecule has 0 fully saturated rings. The number of halogens is 1. The van der Waals surface area contributed by atoms with E-state index in [1.54, 1.807) is 61.2 Å². The van der Waals surface area contributed by atoms with Gasteiger partial charge in [-0.25, -0.2) is 27.3 Å². The largest absolute Gasteiger partial charge is 0.424 e. The highest BCUT2D eigenvalue weighted by Crippen LogP contribution is 2.35. The van der Waals surface area contributed by atoms with E-state index in [2.05, 4.69) is 37.5 Å². The van der Waals surface area contributed by atoms with Gasteiger partial charge in [0.15, 0.2) is 5.65 Å². The first kappa shape index (κ1) is 20.6. The van der Waals surface area contributed by atoms with Crippen molar-refractivity contribution in [2.45, 2.75) is 4.90 Å². The standard InChI is InChI=1S/C23H15IN4O3S/c24-20-15-28(32(29,30)17-7-2-1-3-8-17)22-19(20)13-16(14-27-22)18-9-4-5-10-21(18)31-23-25-11-6-12-26-23/h1-15H. The zero-order valence-electron chi connectivity index (χ0n) is 16.5. The Morgan fingerprint density at radius 3 is 2.38 bits per heavy atom. The molecule has 0 radical (unpaired) electrons. The van der Waals surface area contributed by atoms with Crippen LogP contribution in [-0.4, -0.2) is 27.3 Å². The number of fused-ring (bicyclic) bond motifs is 1. The minimum Gasteiger partial charge on any atom is -0.424 e. The van der Waals surface area contributed by atoms with Gasteiger partial charge in [-0.1, -0.05) is 36.4 Å². The Balaban J connectivity index is 1.60. The minimum absolute atomic E-state index is 0.209. The summed E-state index contributed by atoms with van der Waals surface area (Å²) >= 11 is 2.13. The molecule has 3 heterocycles. The van der Waals surface area contributed by atoms with Crippen LogP contribution in [0.3, 0.4) is 0 Å². The molecule has 0 N–H and O–H groups in total. The fourth-order valence-corrected chi connectivity index (χ4v) is 5.52. The first-order valence-corrected chi connectivity index (χ1v) is 12.1. The molecule has 7 nitrogen and oxygen atoms in total. The molecule has 5 aromatic rings. The van der Waals surface area contributed by atoms with Gasteiger partial charge in [0.2, 0.25) is 0 Å². The van der Waals surface area contributed by atoms with E-state index in [0.717, 1.165) is 20.1 Å². The SMILES string of the molecule is O=S(=O)(c1ccccc1)n1cc(I)c2cc(-c3ccccc3Oc3ncccn3)cnc21. The summed E-state index contributed by atoms with van der Waals surface area (Å²) in [6.07, 6.45) is 6.45. The van der Waals surface area contributed by atoms with E-state index in [1.807, 2.05) is 30.3 Å². The number of benzene rings is 2. The van der Waals surface area contributed by atoms with Crippen LogP contribution in [0.4, 0.5) is 0 Å². The van der Waals surface area contributed by atoms with Crippen LogP contribution >= 0.6 is 22.6 Å². The van der Waals surface area contributed by atoms with Crippen molar-refractivity contribution >= 4 is 43.6 Å². The number of rotatable bonds is 5. The fraction of sp³-hybridized carbons (Fsp3) is 0. The molecule has 0 amide bonds. The van der Waals surface area contributed by atoms with Crippen LogP contribution in [0.25, 0.3) is 22.2 Å². The van der Waals surface area contributed by atoms with Crippen molar-refractivity contribution < 1.29 is 13.2 Å². The Kier molecular flexibility index (Phi) is 5.35. The van der Waals surface area contributed by atoms with Crippen LogP contribution in [0.5, 0.6) is 11.8 Å². The lowest BCUT2D eigenvalue weighted by Gasteiger charge is -2.10. The van der Waals surface area contributed by atoms with E-state index < -0.39 is 10.0 Å². The van der Waals surface area contributed by atoms with Crippen LogP contribution in [-0.2, 0) is 10.0 Å². The maximum atomic E-state index is 13.2. The number of aromatic nitrogens is 4. The van der Waals surface area contributed by atoms with Gasteiger partial charge < -0.3 is 4.74 Å². The summed E-state index contributed by atoms with van der Waals surface area (Å²) in [5.74, 6) is 0.575. The lowest BCUT2D eigenvalue weighted by atomic mass is 10.1. The predicted octanol–water partition coefficient (Wildman–Crippen LogP) is 5.13. The fourth-order valence-electron chi connectivity index (χ4n) is 3.31. The van der Waals surface area contributed by atoms with Crippen molar-refractivity contribution in [1.29, 1.82) is 0 Å². The molecular formula is C23H15IN4O3S. The monoisotopic (exact) mass is 554 g/mol. The molecule has 0 spiro atoms. The van der Waals surface area contributed by atoms with Gasteiger partial charge in [-0.2, -0.15) is 0 Å². The second kappa shape index (κ2) is 8.32. The Bertz CT molecular complexity index is 1520. The highest BCUT2D eigenvalue weighted by Gasteiger charge is 2.22. The van der Waals surface area contributed by atoms with E-state index in [0.29, 0.717) is 11.4 Å². The van der Waals surface area contributed by atoms with Gasteiger partial charge in [-0.05, 0) is 52.9 Å². The number of hydrogen-bond acceptors (Lipinski definition) is 6. The van der Waals surface area contributed by atoms with E-state index in [9.17, 15) is 8.42 Å². The van der Waals surface area contributed by atoms with Gasteiger partial charge in [-0.3, -0.25) is 0 Å². The summed E-state index contributed by atoms with van der Waals surface area (Å²) in [6, 6.07) is 19.7. The molecular weight excluding hydrogens is 539 g/mol. The van der Waals surface area contributed by atoms with Crippen LogP contribution in [0.15, 0.2) is 96.4 Å². The highest BCUT2D eigenvalue weighted by molar-refractivity contribution is 14.1. The highest BCUT2D eigenvalue weighted by atomic mass is 127. The molecule has 9 heteroatoms. The van der Waals surface area contributed by atoms with Gasteiger partial charge in [0, 0.05) is 44.9 Å². The molecule has 0 aliphatic carbocycles. The third-order valence-electron chi connectivity index (χ3n) is 4.80. The molecule has 2 aromatic carbocycles. The maximum Gasteiger partial charge on any atom is 0.321 e. The summed E-state index contributed by atoms with van der Waals surface area (Å²) in [7, 11) is -3.76. The Morgan fingerprint density at radius 2 is 1.59 bits per heavy atom. The first-order chi connectivity index (χ1) is 15.5. The molecule has 0 aliphatic heterocycles. The number of ether oxygens (including phenoxy) is 1. The van der Waals surface area contributed by atoms with Crippen LogP contribution in [0.2, 0.25) is 0 Å². The van der Waals surface area contributed by atoms with Gasteiger partial charge in [0.25, 0.3) is 10.0 Å². The molecule has 0 unspecified atom stereocenters. The van der Waals surface area contributed by atoms with E-state index >= 15 is 0 Å². The maximum absolute atomic E-state index is 13.2. The van der Waals surface area contributed by atoms with Crippen molar-refractivity contribution in [1.82, 2.24) is 18.9 Å². The van der Waals surface area contributed by atoms with Gasteiger partial charge in [-0.15, -0.1) is 0 Å². The lowest BCUT2D eigenvalue weighted by molar-refractivity contribution is 0.443. The Labute approximate surface area is 197 Å². The number of nitrogens with zero attached hydrogens (tertiary/aromatic N) is 4. The van der Waals surface area contributed by atoms with Crippen molar-refractivity contribution in [3.05, 3.63) is 95.1 Å². The van der Waals surface area contributed by atoms with Crippen LogP contribution < -0.4 is 4.74 Å². The summed E-state index contributed by atoms with van der Waals surface area (Å²) in [5, 5.41) is 0.730. The molecule has 158 valence electrons. The van der Waals surface area contributed by atoms with Crippen LogP contribution in [0, 0.1) is 3.57 Å². The molecule has 0 saturated heterocycles. The Hall–Kier alpha value is -3.31. The molecule has 0 atom stereocenters. The smallest absolute Gasteiger partial charge is 0.321 e. The van der Waals surface area contributed by atoms with Gasteiger partial charge >= 0.3 is 6.01 Å². The third kappa shape index (κ3) is 3.73. The third-order valence-corrected chi connectivity index (χ3v) is 7.33. The quantitative estimate of drug-likeness (QED) is 0.280. The van der Waals surface area contributed by atoms with Crippen molar-refractivity contribution in [3.63, 3.8) is 0 Å². The van der Waals surface area contributed by atoms with Gasteiger partial charge in [0.05, 0.1) is 4.90 Å². The zero-order valence-corrected chi connectivity index (χ0v) is 19.4. The van der Waals surface area contributed by atoms with E-state index in [4.69, 9.17) is 4.74 Å². The topological polar surface area (TPSA) is 87.0 Å². The molecule has 32 heavy (non-hydrogen) atoms. The number of hydrogen-bond donors (Lipinski definition) is 0. The average Bonchev–Trinajstić information content (AvgIpc) is 3.17. The summed E-state index contributed by atoms with van der Waals surface area (Å²) in [6.45, 7) is 0. The number of pyridine rings is 1. The van der Waals surface area contributed by atoms with Crippen LogP contribution in [0.1, 0.15) is 0 Å². The summed E-state index contributed by atoms with van der Waals surface area (Å²) in [4.78, 5) is 12.9. The second-order valence-electron chi connectivity index (χ2n) is 6.82. The molecule has 0 bridgehead atoms. The van der Waals surface area contributed by atoms with Gasteiger partial charge in [0.1, 0.15) is 5.75 Å². The summed E-state index contributed by atoms with van der Waals surface area (Å²) in [5.41, 5.74) is 1.95. The molecule has 0 aliphatic rings. The minimum atomic E-state index is -3.76. The molecule has 3 aromatic heterocycles. The zero-order chi connectivity index (χ0) is 22.1. The van der Waals surface area contributed by atoms with Crippen molar-refractivity contribution in [2.75, 3.05) is 0 Å². The predicted molar refractivity (Wildman–Crippen MR) is 129 cm³/mol. The Morgan fingerprint density at radius 1 is 0.875 bits per heavy atom. The normalized spacial score (nSPS) is 11.5.